The molecule has 8 unspecified atom stereocenters. The number of hydrogen-bond donors (Lipinski definition) is 5. The molecule has 9 rings (SSSR count). The van der Waals surface area contributed by atoms with Gasteiger partial charge in [0, 0.05) is 27.6 Å². The van der Waals surface area contributed by atoms with Gasteiger partial charge in [-0.15, -0.1) is 23.2 Å². The van der Waals surface area contributed by atoms with Gasteiger partial charge >= 0.3 is 17.9 Å². The molecule has 0 radical (unpaired) electrons. The fraction of sp³-hybridized carbons (Fsp3) is 0.638. The highest BCUT2D eigenvalue weighted by atomic mass is 35.5. The van der Waals surface area contributed by atoms with E-state index >= 15 is 0 Å². The van der Waals surface area contributed by atoms with E-state index in [1.165, 1.54) is 30.5 Å². The van der Waals surface area contributed by atoms with Crippen LogP contribution in [0.2, 0.25) is 0 Å². The minimum Gasteiger partial charge on any atom is -0.479 e. The van der Waals surface area contributed by atoms with Crippen LogP contribution in [-0.4, -0.2) is 88.2 Å². The van der Waals surface area contributed by atoms with E-state index in [1.54, 1.807) is 45.9 Å². The molecule has 1 aromatic heterocycles. The molecule has 6 saturated carbocycles. The van der Waals surface area contributed by atoms with Crippen molar-refractivity contribution in [3.8, 4) is 0 Å². The normalized spacial score (nSPS) is 49.0. The standard InChI is InChI=1S/C26H29ClO7.C21H27ClO5/c1-14-11-18-17-7-6-15-12-16(28)8-9-23(15,2)25(17,27)20(29)13-24(18,3)26(14,22(31)32)34-21(30)19-5-4-10-33-19;1-11-8-15-14-5-4-12-9-13(23)6-7-18(12,2)20(14,22)16(24)10-19(15,3)21(11,27)17(25)26/h4-5,8-10,12,14,17-18,20,29H,6-7,11,13H2,1-3H3,(H,31,32);6-7,9,11,14-16,24,27H,4-5,8,10H2,1-3H3,(H,25,26)/t14-,17?,18?,20+,23?,24?,25+,26+;11-,14?,15?,16+,18?,19?,20+,21+/m11/s1. The summed E-state index contributed by atoms with van der Waals surface area (Å²) in [6.45, 7) is 11.1. The number of halogens is 2. The third-order valence-electron chi connectivity index (χ3n) is 18.0. The monoisotopic (exact) mass is 882 g/mol. The second-order valence-corrected chi connectivity index (χ2v) is 21.5. The average molecular weight is 884 g/mol. The van der Waals surface area contributed by atoms with E-state index in [0.29, 0.717) is 38.5 Å². The molecule has 6 fully saturated rings. The predicted octanol–water partition coefficient (Wildman–Crippen LogP) is 6.83. The Labute approximate surface area is 365 Å². The largest absolute Gasteiger partial charge is 0.479 e. The van der Waals surface area contributed by atoms with Crippen molar-refractivity contribution in [3.05, 3.63) is 71.8 Å². The van der Waals surface area contributed by atoms with Gasteiger partial charge in [0.1, 0.15) is 0 Å². The summed E-state index contributed by atoms with van der Waals surface area (Å²) in [5.41, 5.74) is -5.32. The Morgan fingerprint density at radius 3 is 1.67 bits per heavy atom. The fourth-order valence-electron chi connectivity index (χ4n) is 14.8. The van der Waals surface area contributed by atoms with Gasteiger partial charge in [0.25, 0.3) is 0 Å². The molecular formula is C47H56Cl2O12. The Balaban J connectivity index is 0.000000173. The number of ketones is 2. The number of furan rings is 1. The number of esters is 1. The molecule has 1 aromatic rings. The highest BCUT2D eigenvalue weighted by Gasteiger charge is 2.78. The van der Waals surface area contributed by atoms with Gasteiger partial charge in [0.2, 0.25) is 11.4 Å². The predicted molar refractivity (Wildman–Crippen MR) is 222 cm³/mol. The van der Waals surface area contributed by atoms with Crippen molar-refractivity contribution in [3.63, 3.8) is 0 Å². The molecule has 0 aromatic carbocycles. The molecule has 0 spiro atoms. The highest BCUT2D eigenvalue weighted by molar-refractivity contribution is 6.26. The van der Waals surface area contributed by atoms with E-state index in [4.69, 9.17) is 32.4 Å². The van der Waals surface area contributed by atoms with Gasteiger partial charge in [-0.3, -0.25) is 9.59 Å². The lowest BCUT2D eigenvalue weighted by molar-refractivity contribution is -0.195. The SMILES string of the molecule is C[C@@H]1CC2C3CCC4=CC(=O)C=CC4(C)[C@@]3(Cl)[C@@H](O)CC2(C)[C@@]1(O)C(=O)O.C[C@@H]1CC2C3CCC4=CC(=O)C=CC4(C)[C@@]3(Cl)[C@@H](O)CC2(C)[C@@]1(OC(=O)c1ccco1)C(=O)O. The van der Waals surface area contributed by atoms with E-state index in [9.17, 15) is 49.5 Å². The number of carboxylic acid groups (broad SMARTS) is 2. The fourth-order valence-corrected chi connectivity index (χ4v) is 15.9. The first-order valence-electron chi connectivity index (χ1n) is 21.4. The summed E-state index contributed by atoms with van der Waals surface area (Å²) >= 11 is 14.7. The number of fused-ring (bicyclic) bond motifs is 10. The van der Waals surface area contributed by atoms with Gasteiger partial charge in [-0.05, 0) is 117 Å². The molecule has 1 heterocycles. The number of aliphatic carboxylic acids is 2. The maximum Gasteiger partial charge on any atom is 0.375 e. The molecule has 5 N–H and O–H groups in total. The summed E-state index contributed by atoms with van der Waals surface area (Å²) in [6.07, 6.45) is 12.9. The summed E-state index contributed by atoms with van der Waals surface area (Å²) < 4.78 is 11.0. The van der Waals surface area contributed by atoms with Crippen LogP contribution in [0.1, 0.15) is 103 Å². The maximum absolute atomic E-state index is 12.9. The summed E-state index contributed by atoms with van der Waals surface area (Å²) in [5.74, 6) is -5.18. The summed E-state index contributed by atoms with van der Waals surface area (Å²) in [6, 6.07) is 2.97. The molecule has 16 atom stereocenters. The lowest BCUT2D eigenvalue weighted by atomic mass is 9.45. The minimum absolute atomic E-state index is 0.0460. The number of carboxylic acids is 2. The summed E-state index contributed by atoms with van der Waals surface area (Å²) in [7, 11) is 0. The van der Waals surface area contributed by atoms with E-state index in [1.807, 2.05) is 19.9 Å². The Bertz CT molecular complexity index is 2210. The second-order valence-electron chi connectivity index (χ2n) is 20.3. The van der Waals surface area contributed by atoms with E-state index < -0.39 is 84.6 Å². The van der Waals surface area contributed by atoms with Crippen LogP contribution in [-0.2, 0) is 23.9 Å². The van der Waals surface area contributed by atoms with Crippen molar-refractivity contribution < 1.29 is 58.7 Å². The lowest BCUT2D eigenvalue weighted by Crippen LogP contribution is -2.69. The summed E-state index contributed by atoms with van der Waals surface area (Å²) in [4.78, 5) is 59.6. The molecular weight excluding hydrogens is 827 g/mol. The van der Waals surface area contributed by atoms with Gasteiger partial charge < -0.3 is 34.7 Å². The van der Waals surface area contributed by atoms with E-state index in [-0.39, 0.29) is 53.8 Å². The number of allylic oxidation sites excluding steroid dienone is 8. The third-order valence-corrected chi connectivity index (χ3v) is 19.9. The first kappa shape index (κ1) is 44.1. The van der Waals surface area contributed by atoms with Gasteiger partial charge in [0.05, 0.1) is 28.2 Å². The van der Waals surface area contributed by atoms with Crippen LogP contribution in [0, 0.1) is 57.2 Å². The van der Waals surface area contributed by atoms with E-state index in [0.717, 1.165) is 11.1 Å². The van der Waals surface area contributed by atoms with Crippen LogP contribution in [0.5, 0.6) is 0 Å². The number of carbonyl (C=O) groups excluding carboxylic acids is 3. The number of hydrogen-bond acceptors (Lipinski definition) is 10. The van der Waals surface area contributed by atoms with Crippen molar-refractivity contribution in [1.29, 1.82) is 0 Å². The van der Waals surface area contributed by atoms with Crippen molar-refractivity contribution in [2.45, 2.75) is 126 Å². The molecule has 0 aliphatic heterocycles. The van der Waals surface area contributed by atoms with Crippen molar-refractivity contribution in [1.82, 2.24) is 0 Å². The maximum atomic E-state index is 12.9. The van der Waals surface area contributed by atoms with Crippen molar-refractivity contribution in [2.75, 3.05) is 0 Å². The Morgan fingerprint density at radius 2 is 1.21 bits per heavy atom. The van der Waals surface area contributed by atoms with Crippen molar-refractivity contribution >= 4 is 52.7 Å². The zero-order valence-corrected chi connectivity index (χ0v) is 36.8. The van der Waals surface area contributed by atoms with Gasteiger partial charge in [-0.25, -0.2) is 14.4 Å². The second kappa shape index (κ2) is 14.0. The molecule has 330 valence electrons. The van der Waals surface area contributed by atoms with Crippen LogP contribution in [0.4, 0.5) is 0 Å². The molecule has 61 heavy (non-hydrogen) atoms. The van der Waals surface area contributed by atoms with Crippen LogP contribution < -0.4 is 0 Å². The number of ether oxygens (including phenoxy) is 1. The van der Waals surface area contributed by atoms with Gasteiger partial charge in [0.15, 0.2) is 17.2 Å². The van der Waals surface area contributed by atoms with Crippen LogP contribution in [0.25, 0.3) is 0 Å². The van der Waals surface area contributed by atoms with Crippen LogP contribution in [0.15, 0.2) is 70.4 Å². The molecule has 8 aliphatic rings. The first-order valence-corrected chi connectivity index (χ1v) is 22.2. The summed E-state index contributed by atoms with van der Waals surface area (Å²) in [5, 5.41) is 54.4. The molecule has 0 bridgehead atoms. The molecule has 12 nitrogen and oxygen atoms in total. The minimum atomic E-state index is -1.88. The molecule has 14 heteroatoms. The van der Waals surface area contributed by atoms with Crippen LogP contribution in [0.3, 0.4) is 0 Å². The quantitative estimate of drug-likeness (QED) is 0.156. The Morgan fingerprint density at radius 1 is 0.738 bits per heavy atom. The van der Waals surface area contributed by atoms with E-state index in [2.05, 4.69) is 0 Å². The molecule has 0 amide bonds. The van der Waals surface area contributed by atoms with Crippen molar-refractivity contribution in [2.24, 2.45) is 57.2 Å². The zero-order valence-electron chi connectivity index (χ0n) is 35.3. The lowest BCUT2D eigenvalue weighted by Gasteiger charge is -2.63. The molecule has 0 saturated heterocycles. The molecule has 8 aliphatic carbocycles. The third kappa shape index (κ3) is 5.38. The highest BCUT2D eigenvalue weighted by Crippen LogP contribution is 2.73. The Kier molecular flexibility index (Phi) is 10.1. The van der Waals surface area contributed by atoms with Gasteiger partial charge in [-0.2, -0.15) is 0 Å². The topological polar surface area (TPSA) is 209 Å². The first-order chi connectivity index (χ1) is 28.3. The number of rotatable bonds is 4. The number of alkyl halides is 2. The number of aliphatic hydroxyl groups is 3. The smallest absolute Gasteiger partial charge is 0.375 e. The van der Waals surface area contributed by atoms with Crippen LogP contribution >= 0.6 is 23.2 Å². The number of aliphatic hydroxyl groups excluding tert-OH is 2. The van der Waals surface area contributed by atoms with Gasteiger partial charge in [-0.1, -0.05) is 64.8 Å². The number of carbonyl (C=O) groups is 5. The average Bonchev–Trinajstić information content (AvgIpc) is 3.86. The Hall–Kier alpha value is -3.55. The zero-order chi connectivity index (χ0) is 44.7.